The summed E-state index contributed by atoms with van der Waals surface area (Å²) in [5.74, 6) is 1.59. The summed E-state index contributed by atoms with van der Waals surface area (Å²) in [4.78, 5) is 0. The molecule has 0 aliphatic heterocycles. The fraction of sp³-hybridized carbons (Fsp3) is 0.0526. The van der Waals surface area contributed by atoms with Crippen molar-refractivity contribution < 1.29 is 4.74 Å². The minimum Gasteiger partial charge on any atom is -0.457 e. The quantitative estimate of drug-likeness (QED) is 0.120. The molecule has 8 rings (SSSR count). The first-order chi connectivity index (χ1) is 28.4. The topological polar surface area (TPSA) is 9.23 Å². The molecule has 0 amide bonds. The molecule has 0 saturated carbocycles. The zero-order valence-electron chi connectivity index (χ0n) is 33.4. The lowest BCUT2D eigenvalue weighted by Crippen LogP contribution is -1.98. The number of ether oxygens (including phenoxy) is 1. The van der Waals surface area contributed by atoms with Crippen LogP contribution in [0.2, 0.25) is 0 Å². The van der Waals surface area contributed by atoms with Crippen LogP contribution < -0.4 is 4.74 Å². The number of allylic oxidation sites excluding steroid dienone is 5. The van der Waals surface area contributed by atoms with Crippen molar-refractivity contribution in [1.82, 2.24) is 0 Å². The molecule has 8 aromatic rings. The molecule has 0 saturated heterocycles. The molecule has 58 heavy (non-hydrogen) atoms. The average Bonchev–Trinajstić information content (AvgIpc) is 3.26. The highest BCUT2D eigenvalue weighted by Gasteiger charge is 2.20. The van der Waals surface area contributed by atoms with Gasteiger partial charge < -0.3 is 4.74 Å². The first-order valence-electron chi connectivity index (χ1n) is 19.8. The lowest BCUT2D eigenvalue weighted by molar-refractivity contribution is 0.483. The first kappa shape index (κ1) is 37.7. The van der Waals surface area contributed by atoms with E-state index in [2.05, 4.69) is 185 Å². The van der Waals surface area contributed by atoms with E-state index in [4.69, 9.17) is 4.74 Å². The molecule has 0 bridgehead atoms. The molecule has 0 fully saturated rings. The summed E-state index contributed by atoms with van der Waals surface area (Å²) in [5, 5.41) is 2.35. The number of rotatable bonds is 11. The van der Waals surface area contributed by atoms with Crippen molar-refractivity contribution in [3.8, 4) is 67.1 Å². The Balaban J connectivity index is 1.35. The van der Waals surface area contributed by atoms with Crippen molar-refractivity contribution in [3.63, 3.8) is 0 Å². The highest BCUT2D eigenvalue weighted by molar-refractivity contribution is 6.08. The second-order valence-corrected chi connectivity index (χ2v) is 14.7. The van der Waals surface area contributed by atoms with Gasteiger partial charge in [0.05, 0.1) is 0 Å². The van der Waals surface area contributed by atoms with Gasteiger partial charge in [-0.15, -0.1) is 0 Å². The molecule has 0 spiro atoms. The van der Waals surface area contributed by atoms with Gasteiger partial charge in [0.2, 0.25) is 0 Å². The van der Waals surface area contributed by atoms with Crippen LogP contribution in [0, 0.1) is 6.92 Å². The Morgan fingerprint density at radius 2 is 1.07 bits per heavy atom. The van der Waals surface area contributed by atoms with Gasteiger partial charge >= 0.3 is 0 Å². The van der Waals surface area contributed by atoms with Gasteiger partial charge in [-0.2, -0.15) is 0 Å². The van der Waals surface area contributed by atoms with Crippen molar-refractivity contribution in [2.45, 2.75) is 20.8 Å². The third-order valence-electron chi connectivity index (χ3n) is 10.8. The van der Waals surface area contributed by atoms with Crippen LogP contribution in [0.25, 0.3) is 78.1 Å². The van der Waals surface area contributed by atoms with E-state index in [0.29, 0.717) is 0 Å². The second-order valence-electron chi connectivity index (χ2n) is 14.7. The van der Waals surface area contributed by atoms with E-state index in [1.165, 1.54) is 27.5 Å². The molecule has 0 radical (unpaired) electrons. The van der Waals surface area contributed by atoms with Gasteiger partial charge in [0.25, 0.3) is 0 Å². The Labute approximate surface area is 343 Å². The summed E-state index contributed by atoms with van der Waals surface area (Å²) in [5.41, 5.74) is 17.0. The van der Waals surface area contributed by atoms with Crippen LogP contribution in [0.1, 0.15) is 30.5 Å². The SMILES string of the molecule is C=Cc1c(C)c(C(=C)C=C(C)C=CC)c2ccccc2c1-c1cccc(-c2cc(-c3ccccc3)c(-c3ccccc3)c(-c3cccc(Oc4ccccc4)c3)c2)c1. The molecule has 8 aromatic carbocycles. The van der Waals surface area contributed by atoms with Crippen molar-refractivity contribution in [1.29, 1.82) is 0 Å². The second kappa shape index (κ2) is 16.9. The summed E-state index contributed by atoms with van der Waals surface area (Å²) in [6, 6.07) is 62.2. The van der Waals surface area contributed by atoms with E-state index >= 15 is 0 Å². The third kappa shape index (κ3) is 7.63. The molecule has 0 atom stereocenters. The lowest BCUT2D eigenvalue weighted by atomic mass is 9.82. The van der Waals surface area contributed by atoms with Gasteiger partial charge in [0, 0.05) is 0 Å². The van der Waals surface area contributed by atoms with E-state index in [1.807, 2.05) is 49.4 Å². The molecule has 1 nitrogen and oxygen atoms in total. The molecule has 1 heteroatoms. The van der Waals surface area contributed by atoms with Crippen LogP contribution in [-0.4, -0.2) is 0 Å². The molecular weight excluding hydrogens is 701 g/mol. The minimum atomic E-state index is 0.786. The normalized spacial score (nSPS) is 11.5. The molecule has 0 aliphatic rings. The largest absolute Gasteiger partial charge is 0.457 e. The predicted molar refractivity (Wildman–Crippen MR) is 250 cm³/mol. The fourth-order valence-corrected chi connectivity index (χ4v) is 8.23. The lowest BCUT2D eigenvalue weighted by Gasteiger charge is -2.21. The summed E-state index contributed by atoms with van der Waals surface area (Å²) in [7, 11) is 0. The predicted octanol–water partition coefficient (Wildman–Crippen LogP) is 16.5. The Hall–Kier alpha value is -7.22. The van der Waals surface area contributed by atoms with Gasteiger partial charge in [0.1, 0.15) is 11.5 Å². The van der Waals surface area contributed by atoms with Crippen molar-refractivity contribution in [3.05, 3.63) is 230 Å². The zero-order valence-corrected chi connectivity index (χ0v) is 33.4. The Bertz CT molecular complexity index is 2840. The molecule has 0 unspecified atom stereocenters. The molecule has 0 heterocycles. The molecular formula is C57H46O. The maximum Gasteiger partial charge on any atom is 0.128 e. The van der Waals surface area contributed by atoms with Crippen LogP contribution in [-0.2, 0) is 0 Å². The van der Waals surface area contributed by atoms with Crippen molar-refractivity contribution >= 4 is 22.4 Å². The Morgan fingerprint density at radius 1 is 0.517 bits per heavy atom. The fourth-order valence-electron chi connectivity index (χ4n) is 8.23. The highest BCUT2D eigenvalue weighted by atomic mass is 16.5. The standard InChI is InChI=1S/C57H46O/c1-6-21-39(3)34-40(4)55-41(5)50(7-2)57(52-33-18-17-32-51(52)55)46-28-19-26-44(35-46)47-37-53(42-22-11-8-12-23-42)56(43-24-13-9-14-25-43)54(38-47)45-27-20-31-49(36-45)58-48-29-15-10-16-30-48/h6-38H,2,4H2,1,3,5H3. The van der Waals surface area contributed by atoms with Gasteiger partial charge in [-0.1, -0.05) is 176 Å². The number of hydrogen-bond donors (Lipinski definition) is 0. The van der Waals surface area contributed by atoms with Crippen LogP contribution in [0.4, 0.5) is 0 Å². The maximum absolute atomic E-state index is 6.38. The summed E-state index contributed by atoms with van der Waals surface area (Å²) in [6.07, 6.45) is 8.36. The third-order valence-corrected chi connectivity index (χ3v) is 10.8. The summed E-state index contributed by atoms with van der Waals surface area (Å²) in [6.45, 7) is 15.3. The number of benzene rings is 8. The molecule has 280 valence electrons. The minimum absolute atomic E-state index is 0.786. The summed E-state index contributed by atoms with van der Waals surface area (Å²) >= 11 is 0. The van der Waals surface area contributed by atoms with Crippen LogP contribution in [0.15, 0.2) is 213 Å². The molecule has 0 aliphatic carbocycles. The van der Waals surface area contributed by atoms with E-state index in [1.54, 1.807) is 0 Å². The van der Waals surface area contributed by atoms with E-state index in [9.17, 15) is 0 Å². The van der Waals surface area contributed by atoms with Crippen molar-refractivity contribution in [2.75, 3.05) is 0 Å². The van der Waals surface area contributed by atoms with Crippen LogP contribution in [0.5, 0.6) is 11.5 Å². The summed E-state index contributed by atoms with van der Waals surface area (Å²) < 4.78 is 6.38. The smallest absolute Gasteiger partial charge is 0.128 e. The number of fused-ring (bicyclic) bond motifs is 1. The van der Waals surface area contributed by atoms with Gasteiger partial charge in [-0.05, 0) is 152 Å². The maximum atomic E-state index is 6.38. The van der Waals surface area contributed by atoms with E-state index < -0.39 is 0 Å². The molecule has 0 N–H and O–H groups in total. The Kier molecular flexibility index (Phi) is 11.0. The monoisotopic (exact) mass is 746 g/mol. The Morgan fingerprint density at radius 3 is 1.76 bits per heavy atom. The van der Waals surface area contributed by atoms with Crippen LogP contribution >= 0.6 is 0 Å². The van der Waals surface area contributed by atoms with E-state index in [-0.39, 0.29) is 0 Å². The van der Waals surface area contributed by atoms with Gasteiger partial charge in [-0.3, -0.25) is 0 Å². The van der Waals surface area contributed by atoms with Crippen molar-refractivity contribution in [2.24, 2.45) is 0 Å². The van der Waals surface area contributed by atoms with E-state index in [0.717, 1.165) is 78.3 Å². The van der Waals surface area contributed by atoms with Crippen LogP contribution in [0.3, 0.4) is 0 Å². The number of hydrogen-bond acceptors (Lipinski definition) is 1. The number of para-hydroxylation sites is 1. The first-order valence-corrected chi connectivity index (χ1v) is 19.8. The molecule has 0 aromatic heterocycles. The van der Waals surface area contributed by atoms with Gasteiger partial charge in [-0.25, -0.2) is 0 Å². The average molecular weight is 747 g/mol. The van der Waals surface area contributed by atoms with Gasteiger partial charge in [0.15, 0.2) is 0 Å². The zero-order chi connectivity index (χ0) is 40.0. The highest BCUT2D eigenvalue weighted by Crippen LogP contribution is 2.46.